The van der Waals surface area contributed by atoms with Gasteiger partial charge in [0.15, 0.2) is 0 Å². The van der Waals surface area contributed by atoms with Crippen LogP contribution in [0.25, 0.3) is 60.0 Å². The van der Waals surface area contributed by atoms with Crippen molar-refractivity contribution in [2.24, 2.45) is 23.7 Å². The molecule has 0 radical (unpaired) electrons. The third-order valence-corrected chi connectivity index (χ3v) is 14.2. The predicted molar refractivity (Wildman–Crippen MR) is 181 cm³/mol. The quantitative estimate of drug-likeness (QED) is 0.162. The van der Waals surface area contributed by atoms with E-state index in [1.807, 2.05) is 24.3 Å². The van der Waals surface area contributed by atoms with Crippen LogP contribution in [0.15, 0.2) is 51.9 Å². The SMILES string of the molecule is O=c1c2ccccc2oc2c1cc1c3c4c(ncc3n3c5cnc6c(c5c2c13)C1CC2CC(CC6C2)C1)C1CC2CC(C1)CC4C2. The van der Waals surface area contributed by atoms with Crippen LogP contribution in [0.4, 0.5) is 0 Å². The number of nitrogens with zero attached hydrogens (tertiary/aromatic N) is 3. The maximum absolute atomic E-state index is 14.4. The third kappa shape index (κ3) is 2.74. The number of aromatic nitrogens is 3. The molecule has 7 aromatic rings. The largest absolute Gasteiger partial charge is 0.455 e. The van der Waals surface area contributed by atoms with E-state index < -0.39 is 0 Å². The van der Waals surface area contributed by atoms with Crippen LogP contribution < -0.4 is 5.43 Å². The van der Waals surface area contributed by atoms with E-state index in [0.29, 0.717) is 34.6 Å². The molecular weight excluding hydrogens is 566 g/mol. The summed E-state index contributed by atoms with van der Waals surface area (Å²) < 4.78 is 9.38. The molecule has 8 aliphatic carbocycles. The fraction of sp³-hybridized carbons (Fsp3) is 0.439. The molecule has 5 aromatic heterocycles. The molecule has 5 heterocycles. The molecule has 2 aromatic carbocycles. The molecule has 0 saturated heterocycles. The molecular formula is C41H35N3O2. The van der Waals surface area contributed by atoms with Crippen molar-refractivity contribution < 1.29 is 4.42 Å². The monoisotopic (exact) mass is 601 g/mol. The van der Waals surface area contributed by atoms with Crippen LogP contribution in [0, 0.1) is 23.7 Å². The van der Waals surface area contributed by atoms with Gasteiger partial charge in [-0.05, 0) is 129 Å². The van der Waals surface area contributed by atoms with Crippen LogP contribution >= 0.6 is 0 Å². The molecule has 4 fully saturated rings. The van der Waals surface area contributed by atoms with Crippen molar-refractivity contribution in [1.82, 2.24) is 14.4 Å². The molecule has 15 rings (SSSR count). The number of pyridine rings is 2. The normalized spacial score (nSPS) is 32.4. The van der Waals surface area contributed by atoms with Crippen molar-refractivity contribution in [2.45, 2.75) is 87.9 Å². The lowest BCUT2D eigenvalue weighted by Crippen LogP contribution is -2.25. The fourth-order valence-electron chi connectivity index (χ4n) is 13.0. The van der Waals surface area contributed by atoms with Crippen molar-refractivity contribution >= 4 is 60.0 Å². The van der Waals surface area contributed by atoms with Crippen molar-refractivity contribution in [3.05, 3.63) is 75.5 Å². The smallest absolute Gasteiger partial charge is 0.200 e. The van der Waals surface area contributed by atoms with E-state index in [1.165, 1.54) is 119 Å². The first-order chi connectivity index (χ1) is 22.7. The Bertz CT molecular complexity index is 2570. The van der Waals surface area contributed by atoms with Gasteiger partial charge in [-0.15, -0.1) is 0 Å². The summed E-state index contributed by atoms with van der Waals surface area (Å²) in [5.41, 5.74) is 10.8. The van der Waals surface area contributed by atoms with Gasteiger partial charge in [-0.3, -0.25) is 14.8 Å². The van der Waals surface area contributed by atoms with Gasteiger partial charge in [0.1, 0.15) is 11.2 Å². The highest BCUT2D eigenvalue weighted by molar-refractivity contribution is 6.31. The molecule has 4 atom stereocenters. The molecule has 5 nitrogen and oxygen atoms in total. The van der Waals surface area contributed by atoms with Crippen LogP contribution in [0.2, 0.25) is 0 Å². The standard InChI is InChI=1S/C41H35N3O2/c45-40-26-3-1-2-4-31(26)46-41-28(40)15-27-34-29(16-42-37-24-11-18-5-19(12-24)8-22(7-18)32(34)37)44-30-17-43-38-25-13-20-6-21(14-25)10-23(9-20)33(38)35(30)36(41)39(27)44/h1-4,15-25H,5-14H2. The number of para-hydroxylation sites is 1. The highest BCUT2D eigenvalue weighted by Gasteiger charge is 2.46. The molecule has 8 aliphatic rings. The number of hydrogen-bond donors (Lipinski definition) is 0. The first-order valence-electron chi connectivity index (χ1n) is 18.0. The van der Waals surface area contributed by atoms with Crippen molar-refractivity contribution in [1.29, 1.82) is 0 Å². The van der Waals surface area contributed by atoms with Crippen molar-refractivity contribution in [2.75, 3.05) is 0 Å². The van der Waals surface area contributed by atoms with Crippen LogP contribution in [-0.2, 0) is 0 Å². The molecule has 4 saturated carbocycles. The lowest BCUT2D eigenvalue weighted by molar-refractivity contribution is 0.165. The average molecular weight is 602 g/mol. The zero-order valence-corrected chi connectivity index (χ0v) is 25.9. The van der Waals surface area contributed by atoms with Gasteiger partial charge in [0.25, 0.3) is 0 Å². The maximum atomic E-state index is 14.4. The van der Waals surface area contributed by atoms with E-state index >= 15 is 0 Å². The number of hydrogen-bond acceptors (Lipinski definition) is 4. The van der Waals surface area contributed by atoms with Crippen molar-refractivity contribution in [3.63, 3.8) is 0 Å². The molecule has 46 heavy (non-hydrogen) atoms. The van der Waals surface area contributed by atoms with Crippen molar-refractivity contribution in [3.8, 4) is 0 Å². The van der Waals surface area contributed by atoms with Gasteiger partial charge < -0.3 is 8.82 Å². The Balaban J connectivity index is 1.27. The number of benzene rings is 2. The molecule has 226 valence electrons. The second-order valence-corrected chi connectivity index (χ2v) is 16.5. The Kier molecular flexibility index (Phi) is 4.17. The Morgan fingerprint density at radius 1 is 0.609 bits per heavy atom. The second kappa shape index (κ2) is 7.93. The van der Waals surface area contributed by atoms with E-state index in [2.05, 4.69) is 22.9 Å². The summed E-state index contributed by atoms with van der Waals surface area (Å²) in [5, 5.41) is 6.44. The Hall–Kier alpha value is -3.99. The minimum atomic E-state index is 0.0876. The summed E-state index contributed by atoms with van der Waals surface area (Å²) in [6.07, 6.45) is 17.5. The third-order valence-electron chi connectivity index (χ3n) is 14.2. The Morgan fingerprint density at radius 2 is 1.17 bits per heavy atom. The summed E-state index contributed by atoms with van der Waals surface area (Å²) in [5.74, 6) is 5.49. The zero-order valence-electron chi connectivity index (χ0n) is 25.9. The Morgan fingerprint density at radius 3 is 1.83 bits per heavy atom. The minimum Gasteiger partial charge on any atom is -0.455 e. The molecule has 0 N–H and O–H groups in total. The van der Waals surface area contributed by atoms with E-state index in [4.69, 9.17) is 14.4 Å². The first kappa shape index (κ1) is 24.2. The summed E-state index contributed by atoms with van der Waals surface area (Å²) >= 11 is 0. The average Bonchev–Trinajstić information content (AvgIpc) is 3.44. The molecule has 4 unspecified atom stereocenters. The Labute approximate surface area is 265 Å². The van der Waals surface area contributed by atoms with Crippen LogP contribution in [0.5, 0.6) is 0 Å². The second-order valence-electron chi connectivity index (χ2n) is 16.5. The lowest BCUT2D eigenvalue weighted by Gasteiger charge is -2.38. The molecule has 0 aliphatic heterocycles. The topological polar surface area (TPSA) is 60.4 Å². The minimum absolute atomic E-state index is 0.0876. The summed E-state index contributed by atoms with van der Waals surface area (Å²) in [4.78, 5) is 25.2. The molecule has 0 spiro atoms. The van der Waals surface area contributed by atoms with Gasteiger partial charge in [-0.2, -0.15) is 0 Å². The van der Waals surface area contributed by atoms with E-state index in [1.54, 1.807) is 0 Å². The van der Waals surface area contributed by atoms with E-state index in [0.717, 1.165) is 40.0 Å². The van der Waals surface area contributed by atoms with Gasteiger partial charge >= 0.3 is 0 Å². The van der Waals surface area contributed by atoms with Gasteiger partial charge in [-0.1, -0.05) is 12.1 Å². The van der Waals surface area contributed by atoms with Crippen LogP contribution in [0.1, 0.15) is 110 Å². The summed E-state index contributed by atoms with van der Waals surface area (Å²) in [6, 6.07) is 10.0. The number of fused-ring (bicyclic) bond motifs is 9. The van der Waals surface area contributed by atoms with E-state index in [-0.39, 0.29) is 5.43 Å². The molecule has 5 heteroatoms. The summed E-state index contributed by atoms with van der Waals surface area (Å²) in [7, 11) is 0. The predicted octanol–water partition coefficient (Wildman–Crippen LogP) is 9.67. The highest BCUT2D eigenvalue weighted by Crippen LogP contribution is 2.60. The van der Waals surface area contributed by atoms with Gasteiger partial charge in [0, 0.05) is 39.4 Å². The number of rotatable bonds is 0. The maximum Gasteiger partial charge on any atom is 0.200 e. The van der Waals surface area contributed by atoms with Crippen LogP contribution in [-0.4, -0.2) is 14.4 Å². The zero-order chi connectivity index (χ0) is 29.6. The molecule has 8 bridgehead atoms. The van der Waals surface area contributed by atoms with Crippen LogP contribution in [0.3, 0.4) is 0 Å². The molecule has 0 amide bonds. The van der Waals surface area contributed by atoms with E-state index in [9.17, 15) is 4.79 Å². The van der Waals surface area contributed by atoms with Gasteiger partial charge in [0.05, 0.1) is 45.1 Å². The lowest BCUT2D eigenvalue weighted by atomic mass is 9.67. The first-order valence-corrected chi connectivity index (χ1v) is 18.0. The van der Waals surface area contributed by atoms with Gasteiger partial charge in [-0.25, -0.2) is 0 Å². The fourth-order valence-corrected chi connectivity index (χ4v) is 13.0. The van der Waals surface area contributed by atoms with Gasteiger partial charge in [0.2, 0.25) is 5.43 Å². The highest BCUT2D eigenvalue weighted by atomic mass is 16.3. The summed E-state index contributed by atoms with van der Waals surface area (Å²) in [6.45, 7) is 0.